The lowest BCUT2D eigenvalue weighted by molar-refractivity contribution is 0.0684. The molecule has 0 atom stereocenters. The molecule has 1 amide bonds. The summed E-state index contributed by atoms with van der Waals surface area (Å²) < 4.78 is 12.1. The third-order valence-electron chi connectivity index (χ3n) is 6.63. The molecule has 0 bridgehead atoms. The smallest absolute Gasteiger partial charge is 0.257 e. The van der Waals surface area contributed by atoms with Crippen LogP contribution in [0.3, 0.4) is 0 Å². The maximum absolute atomic E-state index is 13.4. The van der Waals surface area contributed by atoms with Crippen molar-refractivity contribution in [2.45, 2.75) is 39.4 Å². The third kappa shape index (κ3) is 6.23. The van der Waals surface area contributed by atoms with E-state index in [2.05, 4.69) is 19.1 Å². The van der Waals surface area contributed by atoms with Crippen LogP contribution in [0.2, 0.25) is 0 Å². The van der Waals surface area contributed by atoms with Crippen LogP contribution >= 0.6 is 0 Å². The first-order valence-corrected chi connectivity index (χ1v) is 12.3. The van der Waals surface area contributed by atoms with Crippen LogP contribution < -0.4 is 9.47 Å². The maximum Gasteiger partial charge on any atom is 0.257 e. The summed E-state index contributed by atoms with van der Waals surface area (Å²) in [5, 5.41) is 18.0. The molecule has 0 aliphatic carbocycles. The standard InChI is InChI=1S/C30H29N3O3/c1-2-22-13-15-33(16-14-22)30(34)28-12-11-27(35-20-25-7-3-23(18-31)4-8-25)17-29(28)36-21-26-9-5-24(19-32)6-10-26/h3-12,17,22H,2,13-16,20-21H2,1H3. The van der Waals surface area contributed by atoms with Gasteiger partial charge < -0.3 is 14.4 Å². The van der Waals surface area contributed by atoms with Gasteiger partial charge in [-0.1, -0.05) is 37.6 Å². The van der Waals surface area contributed by atoms with Gasteiger partial charge in [0.05, 0.1) is 28.8 Å². The number of nitriles is 2. The van der Waals surface area contributed by atoms with Crippen molar-refractivity contribution in [2.75, 3.05) is 13.1 Å². The van der Waals surface area contributed by atoms with Crippen LogP contribution in [0.5, 0.6) is 11.5 Å². The number of ether oxygens (including phenoxy) is 2. The topological polar surface area (TPSA) is 86.3 Å². The Morgan fingerprint density at radius 1 is 0.861 bits per heavy atom. The third-order valence-corrected chi connectivity index (χ3v) is 6.63. The lowest BCUT2D eigenvalue weighted by Crippen LogP contribution is -2.38. The fourth-order valence-corrected chi connectivity index (χ4v) is 4.28. The molecule has 6 nitrogen and oxygen atoms in total. The number of benzene rings is 3. The molecule has 1 aliphatic heterocycles. The summed E-state index contributed by atoms with van der Waals surface area (Å²) >= 11 is 0. The van der Waals surface area contributed by atoms with Gasteiger partial charge in [-0.2, -0.15) is 10.5 Å². The van der Waals surface area contributed by atoms with Crippen LogP contribution in [0.4, 0.5) is 0 Å². The Labute approximate surface area is 212 Å². The van der Waals surface area contributed by atoms with Gasteiger partial charge >= 0.3 is 0 Å². The van der Waals surface area contributed by atoms with E-state index in [1.807, 2.05) is 29.2 Å². The summed E-state index contributed by atoms with van der Waals surface area (Å²) in [7, 11) is 0. The number of likely N-dealkylation sites (tertiary alicyclic amines) is 1. The average Bonchev–Trinajstić information content (AvgIpc) is 2.95. The largest absolute Gasteiger partial charge is 0.489 e. The number of carbonyl (C=O) groups is 1. The van der Waals surface area contributed by atoms with Gasteiger partial charge in [0, 0.05) is 19.2 Å². The monoisotopic (exact) mass is 479 g/mol. The molecule has 182 valence electrons. The molecular weight excluding hydrogens is 450 g/mol. The number of piperidine rings is 1. The quantitative estimate of drug-likeness (QED) is 0.404. The Hall–Kier alpha value is -4.29. The van der Waals surface area contributed by atoms with Crippen molar-refractivity contribution in [3.8, 4) is 23.6 Å². The van der Waals surface area contributed by atoms with E-state index < -0.39 is 0 Å². The van der Waals surface area contributed by atoms with Crippen molar-refractivity contribution in [2.24, 2.45) is 5.92 Å². The lowest BCUT2D eigenvalue weighted by Gasteiger charge is -2.32. The summed E-state index contributed by atoms with van der Waals surface area (Å²) in [5.74, 6) is 1.71. The molecule has 0 radical (unpaired) electrons. The first kappa shape index (κ1) is 24.8. The van der Waals surface area contributed by atoms with Gasteiger partial charge in [-0.3, -0.25) is 4.79 Å². The molecule has 1 fully saturated rings. The average molecular weight is 480 g/mol. The molecule has 6 heteroatoms. The van der Waals surface area contributed by atoms with Crippen LogP contribution in [-0.2, 0) is 13.2 Å². The predicted octanol–water partition coefficient (Wildman–Crippen LogP) is 5.85. The van der Waals surface area contributed by atoms with Crippen LogP contribution in [0.15, 0.2) is 66.7 Å². The summed E-state index contributed by atoms with van der Waals surface area (Å²) in [6, 6.07) is 24.0. The zero-order chi connectivity index (χ0) is 25.3. The molecule has 0 N–H and O–H groups in total. The van der Waals surface area contributed by atoms with E-state index in [9.17, 15) is 4.79 Å². The second kappa shape index (κ2) is 11.9. The minimum atomic E-state index is -0.0296. The van der Waals surface area contributed by atoms with E-state index in [1.165, 1.54) is 0 Å². The van der Waals surface area contributed by atoms with Crippen molar-refractivity contribution < 1.29 is 14.3 Å². The number of hydrogen-bond donors (Lipinski definition) is 0. The van der Waals surface area contributed by atoms with Crippen LogP contribution in [0, 0.1) is 28.6 Å². The molecule has 36 heavy (non-hydrogen) atoms. The molecule has 3 aromatic rings. The lowest BCUT2D eigenvalue weighted by atomic mass is 9.94. The molecule has 0 unspecified atom stereocenters. The Balaban J connectivity index is 1.51. The first-order valence-electron chi connectivity index (χ1n) is 12.3. The zero-order valence-corrected chi connectivity index (χ0v) is 20.4. The minimum Gasteiger partial charge on any atom is -0.489 e. The highest BCUT2D eigenvalue weighted by atomic mass is 16.5. The van der Waals surface area contributed by atoms with Gasteiger partial charge in [-0.25, -0.2) is 0 Å². The van der Waals surface area contributed by atoms with Crippen molar-refractivity contribution in [3.05, 3.63) is 94.5 Å². The Kier molecular flexibility index (Phi) is 8.21. The molecule has 0 aromatic heterocycles. The molecule has 4 rings (SSSR count). The van der Waals surface area contributed by atoms with Gasteiger partial charge in [0.25, 0.3) is 5.91 Å². The molecule has 0 spiro atoms. The van der Waals surface area contributed by atoms with Crippen LogP contribution in [0.1, 0.15) is 58.8 Å². The number of rotatable bonds is 8. The summed E-state index contributed by atoms with van der Waals surface area (Å²) in [6.45, 7) is 4.31. The van der Waals surface area contributed by atoms with E-state index in [-0.39, 0.29) is 12.5 Å². The van der Waals surface area contributed by atoms with Crippen molar-refractivity contribution in [3.63, 3.8) is 0 Å². The molecule has 1 aliphatic rings. The van der Waals surface area contributed by atoms with Gasteiger partial charge in [-0.05, 0) is 66.3 Å². The molecular formula is C30H29N3O3. The molecule has 1 saturated heterocycles. The van der Waals surface area contributed by atoms with Crippen LogP contribution in [-0.4, -0.2) is 23.9 Å². The first-order chi connectivity index (χ1) is 17.6. The second-order valence-corrected chi connectivity index (χ2v) is 9.00. The van der Waals surface area contributed by atoms with Gasteiger partial charge in [0.1, 0.15) is 24.7 Å². The number of amides is 1. The van der Waals surface area contributed by atoms with Crippen molar-refractivity contribution >= 4 is 5.91 Å². The predicted molar refractivity (Wildman–Crippen MR) is 136 cm³/mol. The number of hydrogen-bond acceptors (Lipinski definition) is 5. The van der Waals surface area contributed by atoms with E-state index in [1.54, 1.807) is 42.5 Å². The Morgan fingerprint density at radius 2 is 1.42 bits per heavy atom. The fourth-order valence-electron chi connectivity index (χ4n) is 4.28. The summed E-state index contributed by atoms with van der Waals surface area (Å²) in [5.41, 5.74) is 3.55. The van der Waals surface area contributed by atoms with E-state index >= 15 is 0 Å². The highest BCUT2D eigenvalue weighted by Crippen LogP contribution is 2.30. The zero-order valence-electron chi connectivity index (χ0n) is 20.4. The molecule has 3 aromatic carbocycles. The SMILES string of the molecule is CCC1CCN(C(=O)c2ccc(OCc3ccc(C#N)cc3)cc2OCc2ccc(C#N)cc2)CC1. The van der Waals surface area contributed by atoms with E-state index in [0.717, 1.165) is 43.5 Å². The van der Waals surface area contributed by atoms with E-state index in [4.69, 9.17) is 20.0 Å². The minimum absolute atomic E-state index is 0.0296. The summed E-state index contributed by atoms with van der Waals surface area (Å²) in [6.07, 6.45) is 3.19. The second-order valence-electron chi connectivity index (χ2n) is 9.00. The van der Waals surface area contributed by atoms with E-state index in [0.29, 0.717) is 40.7 Å². The Bertz CT molecular complexity index is 1260. The normalized spacial score (nSPS) is 13.5. The number of nitrogens with zero attached hydrogens (tertiary/aromatic N) is 3. The van der Waals surface area contributed by atoms with Crippen LogP contribution in [0.25, 0.3) is 0 Å². The fraction of sp³-hybridized carbons (Fsp3) is 0.300. The highest BCUT2D eigenvalue weighted by molar-refractivity contribution is 5.97. The maximum atomic E-state index is 13.4. The van der Waals surface area contributed by atoms with Gasteiger partial charge in [-0.15, -0.1) is 0 Å². The Morgan fingerprint density at radius 3 is 1.94 bits per heavy atom. The summed E-state index contributed by atoms with van der Waals surface area (Å²) in [4.78, 5) is 15.3. The van der Waals surface area contributed by atoms with Gasteiger partial charge in [0.15, 0.2) is 0 Å². The number of carbonyl (C=O) groups excluding carboxylic acids is 1. The molecule has 0 saturated carbocycles. The molecule has 1 heterocycles. The van der Waals surface area contributed by atoms with Gasteiger partial charge in [0.2, 0.25) is 0 Å². The highest BCUT2D eigenvalue weighted by Gasteiger charge is 2.25. The van der Waals surface area contributed by atoms with Crippen molar-refractivity contribution in [1.29, 1.82) is 10.5 Å². The van der Waals surface area contributed by atoms with Crippen molar-refractivity contribution in [1.82, 2.24) is 4.90 Å².